The molecular formula is C21H19N3O6S. The van der Waals surface area contributed by atoms with Crippen molar-refractivity contribution in [3.8, 4) is 16.9 Å². The van der Waals surface area contributed by atoms with E-state index >= 15 is 0 Å². The molecule has 0 fully saturated rings. The summed E-state index contributed by atoms with van der Waals surface area (Å²) in [6, 6.07) is 16.1. The molecule has 3 aromatic carbocycles. The minimum atomic E-state index is -4.03. The molecule has 160 valence electrons. The van der Waals surface area contributed by atoms with Gasteiger partial charge in [0.05, 0.1) is 13.3 Å². The fourth-order valence-corrected chi connectivity index (χ4v) is 4.38. The lowest BCUT2D eigenvalue weighted by Crippen LogP contribution is -2.29. The molecular weight excluding hydrogens is 422 g/mol. The summed E-state index contributed by atoms with van der Waals surface area (Å²) < 4.78 is 31.6. The van der Waals surface area contributed by atoms with E-state index in [1.165, 1.54) is 19.2 Å². The van der Waals surface area contributed by atoms with Gasteiger partial charge in [-0.2, -0.15) is 8.42 Å². The quantitative estimate of drug-likeness (QED) is 0.493. The summed E-state index contributed by atoms with van der Waals surface area (Å²) in [5.41, 5.74) is 2.65. The van der Waals surface area contributed by atoms with Crippen LogP contribution in [0.3, 0.4) is 0 Å². The Bertz CT molecular complexity index is 1320. The monoisotopic (exact) mass is 441 g/mol. The van der Waals surface area contributed by atoms with E-state index in [-0.39, 0.29) is 11.4 Å². The van der Waals surface area contributed by atoms with Crippen LogP contribution >= 0.6 is 0 Å². The molecule has 3 aromatic rings. The number of aromatic hydroxyl groups is 1. The summed E-state index contributed by atoms with van der Waals surface area (Å²) in [6.45, 7) is 0.307. The number of fused-ring (bicyclic) bond motifs is 1. The first-order chi connectivity index (χ1) is 14.8. The lowest BCUT2D eigenvalue weighted by molar-refractivity contribution is 0.170. The van der Waals surface area contributed by atoms with Crippen LogP contribution in [0.25, 0.3) is 21.9 Å². The molecule has 1 aliphatic rings. The minimum Gasteiger partial charge on any atom is -0.506 e. The lowest BCUT2D eigenvalue weighted by atomic mass is 9.99. The summed E-state index contributed by atoms with van der Waals surface area (Å²) in [5.74, 6) is -0.780. The number of nitrogens with zero attached hydrogens (tertiary/aromatic N) is 1. The molecule has 0 unspecified atom stereocenters. The van der Waals surface area contributed by atoms with Crippen molar-refractivity contribution in [2.24, 2.45) is 0 Å². The number of aliphatic hydroxyl groups excluding tert-OH is 1. The Morgan fingerprint density at radius 1 is 1.06 bits per heavy atom. The Hall–Kier alpha value is -3.92. The lowest BCUT2D eigenvalue weighted by Gasteiger charge is -2.16. The Balaban J connectivity index is 1.72. The van der Waals surface area contributed by atoms with Crippen LogP contribution in [0, 0.1) is 0 Å². The molecule has 0 aromatic heterocycles. The molecule has 0 aliphatic carbocycles. The molecule has 4 N–H and O–H groups in total. The first-order valence-electron chi connectivity index (χ1n) is 9.18. The fourth-order valence-electron chi connectivity index (χ4n) is 3.32. The summed E-state index contributed by atoms with van der Waals surface area (Å²) >= 11 is 0. The average molecular weight is 441 g/mol. The van der Waals surface area contributed by atoms with Crippen molar-refractivity contribution in [3.63, 3.8) is 0 Å². The van der Waals surface area contributed by atoms with Gasteiger partial charge in [-0.1, -0.05) is 30.3 Å². The third-order valence-electron chi connectivity index (χ3n) is 4.79. The maximum Gasteiger partial charge on any atom is 0.407 e. The highest BCUT2D eigenvalue weighted by atomic mass is 32.2. The molecule has 0 saturated carbocycles. The highest BCUT2D eigenvalue weighted by molar-refractivity contribution is 7.91. The van der Waals surface area contributed by atoms with Gasteiger partial charge in [0, 0.05) is 6.54 Å². The molecule has 1 amide bonds. The molecule has 1 heterocycles. The number of methoxy groups -OCH3 is 1. The van der Waals surface area contributed by atoms with Crippen LogP contribution in [0.15, 0.2) is 66.7 Å². The van der Waals surface area contributed by atoms with E-state index < -0.39 is 22.2 Å². The second-order valence-corrected chi connectivity index (χ2v) is 8.41. The Labute approximate surface area is 178 Å². The maximum absolute atomic E-state index is 12.2. The standard InChI is InChI=1S/C21H19N3O6S/c1-30-21(27)22-11-13-3-2-4-14(7-13)15-5-6-16-10-19(25)18(9-17(16)8-15)24-12-20(26)23-31(24,28)29/h2-10,12,23,25-26H,11H2,1H3,(H,22,27). The number of hydrogen-bond acceptors (Lipinski definition) is 6. The predicted octanol–water partition coefficient (Wildman–Crippen LogP) is 3.08. The number of anilines is 1. The molecule has 0 spiro atoms. The average Bonchev–Trinajstić information content (AvgIpc) is 3.03. The van der Waals surface area contributed by atoms with Gasteiger partial charge in [-0.15, -0.1) is 0 Å². The van der Waals surface area contributed by atoms with Crippen molar-refractivity contribution >= 4 is 32.8 Å². The third-order valence-corrected chi connectivity index (χ3v) is 6.07. The summed E-state index contributed by atoms with van der Waals surface area (Å²) in [6.07, 6.45) is 0.465. The van der Waals surface area contributed by atoms with Crippen LogP contribution in [-0.2, 0) is 21.5 Å². The highest BCUT2D eigenvalue weighted by Gasteiger charge is 2.30. The van der Waals surface area contributed by atoms with E-state index in [1.54, 1.807) is 0 Å². The number of hydrogen-bond donors (Lipinski definition) is 4. The third kappa shape index (κ3) is 4.05. The van der Waals surface area contributed by atoms with Gasteiger partial charge in [-0.3, -0.25) is 0 Å². The zero-order valence-electron chi connectivity index (χ0n) is 16.4. The van der Waals surface area contributed by atoms with Gasteiger partial charge in [-0.25, -0.2) is 13.8 Å². The number of carbonyl (C=O) groups excluding carboxylic acids is 1. The predicted molar refractivity (Wildman–Crippen MR) is 116 cm³/mol. The van der Waals surface area contributed by atoms with Crippen LogP contribution in [0.1, 0.15) is 5.56 Å². The van der Waals surface area contributed by atoms with Crippen molar-refractivity contribution in [3.05, 3.63) is 72.2 Å². The van der Waals surface area contributed by atoms with Crippen molar-refractivity contribution < 1.29 is 28.2 Å². The summed E-state index contributed by atoms with van der Waals surface area (Å²) in [7, 11) is -2.73. The van der Waals surface area contributed by atoms with Gasteiger partial charge in [0.25, 0.3) is 0 Å². The first-order valence-corrected chi connectivity index (χ1v) is 10.6. The molecule has 31 heavy (non-hydrogen) atoms. The number of rotatable bonds is 4. The molecule has 10 heteroatoms. The van der Waals surface area contributed by atoms with Crippen LogP contribution in [0.4, 0.5) is 10.5 Å². The van der Waals surface area contributed by atoms with Crippen molar-refractivity contribution in [1.82, 2.24) is 10.0 Å². The summed E-state index contributed by atoms with van der Waals surface area (Å²) in [4.78, 5) is 11.3. The van der Waals surface area contributed by atoms with Gasteiger partial charge in [-0.05, 0) is 51.7 Å². The number of aliphatic hydroxyl groups is 1. The number of amides is 1. The second kappa shape index (κ2) is 7.73. The van der Waals surface area contributed by atoms with Gasteiger partial charge < -0.3 is 20.3 Å². The molecule has 1 aliphatic heterocycles. The van der Waals surface area contributed by atoms with Crippen LogP contribution in [-0.4, -0.2) is 31.8 Å². The molecule has 0 bridgehead atoms. The SMILES string of the molecule is COC(=O)NCc1cccc(-c2ccc3cc(O)c(N4C=C(O)NS4(=O)=O)cc3c2)c1. The molecule has 0 atom stereocenters. The van der Waals surface area contributed by atoms with Crippen molar-refractivity contribution in [2.45, 2.75) is 6.54 Å². The number of alkyl carbamates (subject to hydrolysis) is 1. The maximum atomic E-state index is 12.2. The number of phenolic OH excluding ortho intramolecular Hbond substituents is 1. The number of carbonyl (C=O) groups is 1. The second-order valence-electron chi connectivity index (χ2n) is 6.87. The number of phenols is 1. The van der Waals surface area contributed by atoms with Crippen molar-refractivity contribution in [1.29, 1.82) is 0 Å². The Morgan fingerprint density at radius 2 is 1.84 bits per heavy atom. The van der Waals surface area contributed by atoms with Crippen molar-refractivity contribution in [2.75, 3.05) is 11.4 Å². The van der Waals surface area contributed by atoms with E-state index in [4.69, 9.17) is 0 Å². The molecule has 9 nitrogen and oxygen atoms in total. The zero-order valence-corrected chi connectivity index (χ0v) is 17.2. The van der Waals surface area contributed by atoms with E-state index in [9.17, 15) is 23.4 Å². The number of ether oxygens (including phenoxy) is 1. The number of benzene rings is 3. The molecule has 0 radical (unpaired) electrons. The minimum absolute atomic E-state index is 0.0113. The van der Waals surface area contributed by atoms with Crippen LogP contribution in [0.5, 0.6) is 5.75 Å². The van der Waals surface area contributed by atoms with Crippen LogP contribution < -0.4 is 14.3 Å². The van der Waals surface area contributed by atoms with E-state index in [0.717, 1.165) is 27.2 Å². The smallest absolute Gasteiger partial charge is 0.407 e. The van der Waals surface area contributed by atoms with Gasteiger partial charge in [0.1, 0.15) is 11.4 Å². The molecule has 0 saturated heterocycles. The fraction of sp³-hybridized carbons (Fsp3) is 0.0952. The van der Waals surface area contributed by atoms with Crippen LogP contribution in [0.2, 0.25) is 0 Å². The largest absolute Gasteiger partial charge is 0.506 e. The topological polar surface area (TPSA) is 128 Å². The van der Waals surface area contributed by atoms with E-state index in [0.29, 0.717) is 17.3 Å². The number of nitrogens with one attached hydrogen (secondary N) is 2. The Kier molecular flexibility index (Phi) is 5.07. The van der Waals surface area contributed by atoms with Gasteiger partial charge >= 0.3 is 16.3 Å². The van der Waals surface area contributed by atoms with E-state index in [1.807, 2.05) is 47.2 Å². The zero-order chi connectivity index (χ0) is 22.2. The summed E-state index contributed by atoms with van der Waals surface area (Å²) in [5, 5.41) is 23.9. The highest BCUT2D eigenvalue weighted by Crippen LogP contribution is 2.37. The normalized spacial score (nSPS) is 14.7. The van der Waals surface area contributed by atoms with E-state index in [2.05, 4.69) is 10.1 Å². The Morgan fingerprint density at radius 3 is 2.55 bits per heavy atom. The first kappa shape index (κ1) is 20.4. The van der Waals surface area contributed by atoms with Gasteiger partial charge in [0.15, 0.2) is 0 Å². The van der Waals surface area contributed by atoms with Gasteiger partial charge in [0.2, 0.25) is 5.88 Å². The molecule has 4 rings (SSSR count).